The molecule has 0 aliphatic heterocycles. The molecule has 0 amide bonds. The Balaban J connectivity index is 4.24. The van der Waals surface area contributed by atoms with Crippen LogP contribution in [-0.4, -0.2) is 37.2 Å². The molecule has 0 saturated carbocycles. The van der Waals surface area contributed by atoms with Crippen LogP contribution in [0.15, 0.2) is 48.6 Å². The molecule has 6 nitrogen and oxygen atoms in total. The van der Waals surface area contributed by atoms with Crippen molar-refractivity contribution >= 4 is 17.9 Å². The fourth-order valence-electron chi connectivity index (χ4n) is 10.4. The monoisotopic (exact) mass is 1090 g/mol. The van der Waals surface area contributed by atoms with E-state index >= 15 is 0 Å². The molecule has 0 bridgehead atoms. The van der Waals surface area contributed by atoms with Crippen LogP contribution in [0.1, 0.15) is 374 Å². The van der Waals surface area contributed by atoms with E-state index in [-0.39, 0.29) is 31.1 Å². The third-order valence-electron chi connectivity index (χ3n) is 15.6. The molecule has 78 heavy (non-hydrogen) atoms. The fourth-order valence-corrected chi connectivity index (χ4v) is 10.4. The van der Waals surface area contributed by atoms with Gasteiger partial charge in [0.05, 0.1) is 0 Å². The number of carbonyl (C=O) groups excluding carboxylic acids is 3. The number of esters is 3. The zero-order valence-corrected chi connectivity index (χ0v) is 52.5. The summed E-state index contributed by atoms with van der Waals surface area (Å²) >= 11 is 0. The summed E-state index contributed by atoms with van der Waals surface area (Å²) in [4.78, 5) is 38.4. The molecular formula is C72H132O6. The van der Waals surface area contributed by atoms with Crippen LogP contribution in [0.5, 0.6) is 0 Å². The van der Waals surface area contributed by atoms with Crippen molar-refractivity contribution in [3.63, 3.8) is 0 Å². The molecule has 0 fully saturated rings. The van der Waals surface area contributed by atoms with Gasteiger partial charge in [-0.05, 0) is 57.8 Å². The Bertz CT molecular complexity index is 1350. The Kier molecular flexibility index (Phi) is 64.6. The number of allylic oxidation sites excluding steroid dienone is 8. The second-order valence-electron chi connectivity index (χ2n) is 23.4. The van der Waals surface area contributed by atoms with Crippen molar-refractivity contribution in [2.24, 2.45) is 0 Å². The molecule has 456 valence electrons. The summed E-state index contributed by atoms with van der Waals surface area (Å²) in [5, 5.41) is 0. The molecule has 0 spiro atoms. The Morgan fingerprint density at radius 3 is 0.782 bits per heavy atom. The highest BCUT2D eigenvalue weighted by Crippen LogP contribution is 2.18. The summed E-state index contributed by atoms with van der Waals surface area (Å²) in [6, 6.07) is 0. The topological polar surface area (TPSA) is 78.9 Å². The predicted octanol–water partition coefficient (Wildman–Crippen LogP) is 23.7. The highest BCUT2D eigenvalue weighted by atomic mass is 16.6. The van der Waals surface area contributed by atoms with E-state index in [9.17, 15) is 14.4 Å². The lowest BCUT2D eigenvalue weighted by atomic mass is 10.0. The molecule has 0 aromatic rings. The SMILES string of the molecule is CC/C=C\C/C=C\C/C=C\C/C=C\CCCCCCCCCCCCCCC(=O)OCC(COC(=O)CCCCCCCCCCCCCCC)OC(=O)CCCCCCCCCCCCCCCCCCCCCCCC. The molecule has 0 saturated heterocycles. The molecule has 1 unspecified atom stereocenters. The fraction of sp³-hybridized carbons (Fsp3) is 0.847. The van der Waals surface area contributed by atoms with Crippen LogP contribution in [0.4, 0.5) is 0 Å². The zero-order valence-electron chi connectivity index (χ0n) is 52.5. The van der Waals surface area contributed by atoms with Gasteiger partial charge in [-0.25, -0.2) is 0 Å². The first-order valence-electron chi connectivity index (χ1n) is 34.6. The third kappa shape index (κ3) is 64.2. The highest BCUT2D eigenvalue weighted by Gasteiger charge is 2.19. The number of rotatable bonds is 64. The quantitative estimate of drug-likeness (QED) is 0.0261. The molecular weight excluding hydrogens is 961 g/mol. The first-order chi connectivity index (χ1) is 38.5. The van der Waals surface area contributed by atoms with Gasteiger partial charge in [0.1, 0.15) is 13.2 Å². The first-order valence-corrected chi connectivity index (χ1v) is 34.6. The van der Waals surface area contributed by atoms with E-state index in [1.165, 1.54) is 250 Å². The van der Waals surface area contributed by atoms with Gasteiger partial charge in [-0.15, -0.1) is 0 Å². The van der Waals surface area contributed by atoms with Gasteiger partial charge in [0.2, 0.25) is 0 Å². The minimum atomic E-state index is -0.771. The van der Waals surface area contributed by atoms with Crippen molar-refractivity contribution in [1.82, 2.24) is 0 Å². The van der Waals surface area contributed by atoms with Gasteiger partial charge < -0.3 is 14.2 Å². The molecule has 6 heteroatoms. The number of unbranched alkanes of at least 4 members (excludes halogenated alkanes) is 45. The van der Waals surface area contributed by atoms with Crippen molar-refractivity contribution in [2.75, 3.05) is 13.2 Å². The van der Waals surface area contributed by atoms with E-state index in [1.54, 1.807) is 0 Å². The molecule has 0 heterocycles. The third-order valence-corrected chi connectivity index (χ3v) is 15.6. The van der Waals surface area contributed by atoms with E-state index in [1.807, 2.05) is 0 Å². The number of hydrogen-bond acceptors (Lipinski definition) is 6. The molecule has 0 rings (SSSR count). The van der Waals surface area contributed by atoms with Crippen molar-refractivity contribution in [2.45, 2.75) is 380 Å². The van der Waals surface area contributed by atoms with Gasteiger partial charge >= 0.3 is 17.9 Å². The smallest absolute Gasteiger partial charge is 0.306 e. The largest absolute Gasteiger partial charge is 0.462 e. The van der Waals surface area contributed by atoms with Crippen LogP contribution in [-0.2, 0) is 28.6 Å². The number of hydrogen-bond donors (Lipinski definition) is 0. The minimum absolute atomic E-state index is 0.0671. The number of carbonyl (C=O) groups is 3. The van der Waals surface area contributed by atoms with E-state index in [0.29, 0.717) is 19.3 Å². The molecule has 1 atom stereocenters. The first kappa shape index (κ1) is 75.4. The van der Waals surface area contributed by atoms with Crippen molar-refractivity contribution < 1.29 is 28.6 Å². The van der Waals surface area contributed by atoms with Crippen LogP contribution >= 0.6 is 0 Å². The Morgan fingerprint density at radius 2 is 0.500 bits per heavy atom. The van der Waals surface area contributed by atoms with Gasteiger partial charge in [-0.3, -0.25) is 14.4 Å². The van der Waals surface area contributed by atoms with Gasteiger partial charge in [0, 0.05) is 19.3 Å². The van der Waals surface area contributed by atoms with Crippen LogP contribution in [0.25, 0.3) is 0 Å². The molecule has 0 aliphatic carbocycles. The average molecular weight is 1090 g/mol. The molecule has 0 aromatic heterocycles. The Labute approximate surface area is 486 Å². The molecule has 0 aromatic carbocycles. The van der Waals surface area contributed by atoms with E-state index in [4.69, 9.17) is 14.2 Å². The summed E-state index contributed by atoms with van der Waals surface area (Å²) in [6.07, 6.45) is 84.2. The van der Waals surface area contributed by atoms with Gasteiger partial charge in [-0.1, -0.05) is 345 Å². The van der Waals surface area contributed by atoms with E-state index in [2.05, 4.69) is 69.4 Å². The normalized spacial score (nSPS) is 12.3. The molecule has 0 aliphatic rings. The lowest BCUT2D eigenvalue weighted by Crippen LogP contribution is -2.30. The minimum Gasteiger partial charge on any atom is -0.462 e. The van der Waals surface area contributed by atoms with E-state index < -0.39 is 6.10 Å². The van der Waals surface area contributed by atoms with Gasteiger partial charge in [0.25, 0.3) is 0 Å². The van der Waals surface area contributed by atoms with Crippen LogP contribution in [0.3, 0.4) is 0 Å². The van der Waals surface area contributed by atoms with Crippen molar-refractivity contribution in [3.05, 3.63) is 48.6 Å². The Hall–Kier alpha value is -2.63. The maximum atomic E-state index is 12.9. The maximum absolute atomic E-state index is 12.9. The predicted molar refractivity (Wildman–Crippen MR) is 339 cm³/mol. The van der Waals surface area contributed by atoms with Crippen LogP contribution < -0.4 is 0 Å². The Morgan fingerprint density at radius 1 is 0.269 bits per heavy atom. The van der Waals surface area contributed by atoms with Crippen molar-refractivity contribution in [3.8, 4) is 0 Å². The number of ether oxygens (including phenoxy) is 3. The lowest BCUT2D eigenvalue weighted by Gasteiger charge is -2.18. The van der Waals surface area contributed by atoms with E-state index in [0.717, 1.165) is 83.5 Å². The summed E-state index contributed by atoms with van der Waals surface area (Å²) in [5.41, 5.74) is 0. The molecule has 0 N–H and O–H groups in total. The summed E-state index contributed by atoms with van der Waals surface area (Å²) < 4.78 is 17.0. The summed E-state index contributed by atoms with van der Waals surface area (Å²) in [6.45, 7) is 6.60. The maximum Gasteiger partial charge on any atom is 0.306 e. The zero-order chi connectivity index (χ0) is 56.4. The standard InChI is InChI=1S/C72H132O6/c1-4-7-10-13-16-19-22-25-27-29-31-33-35-36-37-39-40-42-44-47-50-53-56-59-62-65-71(74)77-68-69(67-76-70(73)64-61-58-55-52-49-46-24-21-18-15-12-9-6-3)78-72(75)66-63-60-57-54-51-48-45-43-41-38-34-32-30-28-26-23-20-17-14-11-8-5-2/h7,10,16,19,25,27,31,33,69H,4-6,8-9,11-15,17-18,20-24,26,28-30,32,34-68H2,1-3H3/b10-7-,19-16-,27-25-,33-31-. The second-order valence-corrected chi connectivity index (χ2v) is 23.4. The highest BCUT2D eigenvalue weighted by molar-refractivity contribution is 5.71. The average Bonchev–Trinajstić information content (AvgIpc) is 3.44. The van der Waals surface area contributed by atoms with Crippen LogP contribution in [0.2, 0.25) is 0 Å². The molecule has 0 radical (unpaired) electrons. The second kappa shape index (κ2) is 66.9. The summed E-state index contributed by atoms with van der Waals surface area (Å²) in [5.74, 6) is -0.841. The van der Waals surface area contributed by atoms with Crippen LogP contribution in [0, 0.1) is 0 Å². The van der Waals surface area contributed by atoms with Gasteiger partial charge in [-0.2, -0.15) is 0 Å². The lowest BCUT2D eigenvalue weighted by molar-refractivity contribution is -0.167. The van der Waals surface area contributed by atoms with Gasteiger partial charge in [0.15, 0.2) is 6.10 Å². The van der Waals surface area contributed by atoms with Crippen molar-refractivity contribution in [1.29, 1.82) is 0 Å². The summed E-state index contributed by atoms with van der Waals surface area (Å²) in [7, 11) is 0.